The van der Waals surface area contributed by atoms with Gasteiger partial charge in [0.15, 0.2) is 0 Å². The van der Waals surface area contributed by atoms with Crippen LogP contribution in [-0.4, -0.2) is 37.7 Å². The highest BCUT2D eigenvalue weighted by Crippen LogP contribution is 2.40. The summed E-state index contributed by atoms with van der Waals surface area (Å²) >= 11 is 0. The molecule has 1 aliphatic carbocycles. The maximum atomic E-state index is 12.4. The van der Waals surface area contributed by atoms with Crippen LogP contribution >= 0.6 is 12.4 Å². The van der Waals surface area contributed by atoms with Gasteiger partial charge in [0.2, 0.25) is 0 Å². The molecule has 2 aliphatic rings. The van der Waals surface area contributed by atoms with E-state index in [1.807, 2.05) is 26.0 Å². The summed E-state index contributed by atoms with van der Waals surface area (Å²) in [5.41, 5.74) is 1.89. The van der Waals surface area contributed by atoms with Crippen molar-refractivity contribution in [2.75, 3.05) is 19.8 Å². The molecule has 1 aromatic rings. The molecule has 2 unspecified atom stereocenters. The predicted octanol–water partition coefficient (Wildman–Crippen LogP) is 5.06. The van der Waals surface area contributed by atoms with Crippen LogP contribution in [0.1, 0.15) is 69.3 Å². The first-order valence-electron chi connectivity index (χ1n) is 12.0. The molecular formula is C26H40ClNO4. The molecule has 1 heterocycles. The Balaban J connectivity index is 0.00000363. The molecule has 3 rings (SSSR count). The monoisotopic (exact) mass is 465 g/mol. The Kier molecular flexibility index (Phi) is 10.5. The van der Waals surface area contributed by atoms with E-state index in [0.717, 1.165) is 19.4 Å². The molecule has 1 aliphatic heterocycles. The van der Waals surface area contributed by atoms with E-state index in [1.165, 1.54) is 24.8 Å². The summed E-state index contributed by atoms with van der Waals surface area (Å²) < 4.78 is 10.8. The van der Waals surface area contributed by atoms with Gasteiger partial charge in [-0.3, -0.25) is 4.79 Å². The Morgan fingerprint density at radius 2 is 1.59 bits per heavy atom. The minimum absolute atomic E-state index is 0. The van der Waals surface area contributed by atoms with Crippen LogP contribution in [0.3, 0.4) is 0 Å². The Morgan fingerprint density at radius 1 is 0.938 bits per heavy atom. The zero-order valence-electron chi connectivity index (χ0n) is 20.0. The van der Waals surface area contributed by atoms with E-state index in [-0.39, 0.29) is 30.4 Å². The molecule has 32 heavy (non-hydrogen) atoms. The van der Waals surface area contributed by atoms with Gasteiger partial charge >= 0.3 is 11.9 Å². The fourth-order valence-corrected chi connectivity index (χ4v) is 4.81. The SMILES string of the molecule is CC(C)COC(=O)c1ccc(C[C@H]2CCC3CN[C@H](C(=O)OCC(C)C)CC3C2)cc1.Cl. The highest BCUT2D eigenvalue weighted by Gasteiger charge is 2.38. The Morgan fingerprint density at radius 3 is 2.25 bits per heavy atom. The van der Waals surface area contributed by atoms with Gasteiger partial charge in [-0.1, -0.05) is 39.8 Å². The van der Waals surface area contributed by atoms with E-state index < -0.39 is 0 Å². The van der Waals surface area contributed by atoms with Gasteiger partial charge < -0.3 is 14.8 Å². The third kappa shape index (κ3) is 7.77. The van der Waals surface area contributed by atoms with Gasteiger partial charge in [-0.25, -0.2) is 4.79 Å². The van der Waals surface area contributed by atoms with Crippen LogP contribution in [0, 0.1) is 29.6 Å². The van der Waals surface area contributed by atoms with Crippen LogP contribution in [-0.2, 0) is 20.7 Å². The molecule has 2 fully saturated rings. The highest BCUT2D eigenvalue weighted by atomic mass is 35.5. The maximum absolute atomic E-state index is 12.4. The van der Waals surface area contributed by atoms with E-state index in [0.29, 0.717) is 48.4 Å². The van der Waals surface area contributed by atoms with E-state index in [4.69, 9.17) is 9.47 Å². The number of hydrogen-bond donors (Lipinski definition) is 1. The van der Waals surface area contributed by atoms with E-state index in [9.17, 15) is 9.59 Å². The van der Waals surface area contributed by atoms with Gasteiger partial charge in [-0.05, 0) is 85.9 Å². The molecule has 5 nitrogen and oxygen atoms in total. The van der Waals surface area contributed by atoms with E-state index >= 15 is 0 Å². The van der Waals surface area contributed by atoms with Crippen molar-refractivity contribution in [3.05, 3.63) is 35.4 Å². The second kappa shape index (κ2) is 12.6. The number of benzene rings is 1. The van der Waals surface area contributed by atoms with Gasteiger partial charge in [0.05, 0.1) is 18.8 Å². The minimum atomic E-state index is -0.245. The first-order chi connectivity index (χ1) is 14.8. The lowest BCUT2D eigenvalue weighted by Gasteiger charge is -2.42. The summed E-state index contributed by atoms with van der Waals surface area (Å²) in [4.78, 5) is 24.5. The number of carbonyl (C=O) groups excluding carboxylic acids is 2. The average Bonchev–Trinajstić information content (AvgIpc) is 2.75. The third-order valence-electron chi connectivity index (χ3n) is 6.52. The van der Waals surface area contributed by atoms with Gasteiger partial charge in [0.1, 0.15) is 6.04 Å². The number of rotatable bonds is 8. The second-order valence-electron chi connectivity index (χ2n) is 10.3. The van der Waals surface area contributed by atoms with Gasteiger partial charge in [-0.15, -0.1) is 12.4 Å². The summed E-state index contributed by atoms with van der Waals surface area (Å²) in [7, 11) is 0. The molecule has 0 radical (unpaired) electrons. The number of carbonyl (C=O) groups is 2. The first kappa shape index (κ1) is 26.7. The number of nitrogens with one attached hydrogen (secondary N) is 1. The Bertz CT molecular complexity index is 734. The van der Waals surface area contributed by atoms with Gasteiger partial charge in [-0.2, -0.15) is 0 Å². The van der Waals surface area contributed by atoms with Crippen molar-refractivity contribution < 1.29 is 19.1 Å². The van der Waals surface area contributed by atoms with Crippen molar-refractivity contribution in [2.24, 2.45) is 29.6 Å². The second-order valence-corrected chi connectivity index (χ2v) is 10.3. The normalized spacial score (nSPS) is 25.1. The lowest BCUT2D eigenvalue weighted by atomic mass is 9.68. The standard InChI is InChI=1S/C26H39NO4.ClH/c1-17(2)15-30-25(28)21-8-5-19(6-9-21)11-20-7-10-22-14-27-24(13-23(22)12-20)26(29)31-16-18(3)4;/h5-6,8-9,17-18,20,22-24,27H,7,10-16H2,1-4H3;1H/t20-,22?,23?,24+;/m1./s1. The molecule has 4 atom stereocenters. The van der Waals surface area contributed by atoms with Crippen molar-refractivity contribution in [1.82, 2.24) is 5.32 Å². The van der Waals surface area contributed by atoms with Crippen LogP contribution in [0.4, 0.5) is 0 Å². The van der Waals surface area contributed by atoms with Gasteiger partial charge in [0.25, 0.3) is 0 Å². The minimum Gasteiger partial charge on any atom is -0.464 e. The smallest absolute Gasteiger partial charge is 0.338 e. The van der Waals surface area contributed by atoms with Crippen molar-refractivity contribution in [1.29, 1.82) is 0 Å². The summed E-state index contributed by atoms with van der Waals surface area (Å²) in [6, 6.07) is 7.73. The molecular weight excluding hydrogens is 426 g/mol. The summed E-state index contributed by atoms with van der Waals surface area (Å²) in [6.45, 7) is 10.1. The van der Waals surface area contributed by atoms with Crippen LogP contribution in [0.25, 0.3) is 0 Å². The third-order valence-corrected chi connectivity index (χ3v) is 6.52. The molecule has 180 valence electrons. The molecule has 1 aromatic carbocycles. The molecule has 0 amide bonds. The van der Waals surface area contributed by atoms with E-state index in [1.54, 1.807) is 0 Å². The van der Waals surface area contributed by atoms with Crippen LogP contribution in [0.15, 0.2) is 24.3 Å². The number of halogens is 1. The summed E-state index contributed by atoms with van der Waals surface area (Å²) in [6.07, 6.45) is 5.52. The number of fused-ring (bicyclic) bond motifs is 1. The fourth-order valence-electron chi connectivity index (χ4n) is 4.81. The summed E-state index contributed by atoms with van der Waals surface area (Å²) in [5.74, 6) is 2.25. The molecule has 1 saturated carbocycles. The summed E-state index contributed by atoms with van der Waals surface area (Å²) in [5, 5.41) is 3.42. The van der Waals surface area contributed by atoms with Crippen LogP contribution in [0.5, 0.6) is 0 Å². The molecule has 6 heteroatoms. The van der Waals surface area contributed by atoms with Crippen molar-refractivity contribution in [2.45, 2.75) is 65.8 Å². The average molecular weight is 466 g/mol. The predicted molar refractivity (Wildman–Crippen MR) is 129 cm³/mol. The first-order valence-corrected chi connectivity index (χ1v) is 12.0. The fraction of sp³-hybridized carbons (Fsp3) is 0.692. The molecule has 1 saturated heterocycles. The van der Waals surface area contributed by atoms with Crippen molar-refractivity contribution in [3.63, 3.8) is 0 Å². The quantitative estimate of drug-likeness (QED) is 0.544. The Labute approximate surface area is 199 Å². The molecule has 1 N–H and O–H groups in total. The largest absolute Gasteiger partial charge is 0.464 e. The van der Waals surface area contributed by atoms with Crippen molar-refractivity contribution >= 4 is 24.3 Å². The van der Waals surface area contributed by atoms with Crippen LogP contribution < -0.4 is 5.32 Å². The molecule has 0 spiro atoms. The number of ether oxygens (including phenoxy) is 2. The lowest BCUT2D eigenvalue weighted by Crippen LogP contribution is -2.50. The molecule has 0 aromatic heterocycles. The molecule has 0 bridgehead atoms. The number of esters is 2. The highest BCUT2D eigenvalue weighted by molar-refractivity contribution is 5.89. The zero-order chi connectivity index (χ0) is 22.4. The van der Waals surface area contributed by atoms with Crippen LogP contribution in [0.2, 0.25) is 0 Å². The number of hydrogen-bond acceptors (Lipinski definition) is 5. The van der Waals surface area contributed by atoms with Gasteiger partial charge in [0, 0.05) is 0 Å². The Hall–Kier alpha value is -1.59. The maximum Gasteiger partial charge on any atom is 0.338 e. The zero-order valence-corrected chi connectivity index (χ0v) is 20.8. The van der Waals surface area contributed by atoms with Crippen molar-refractivity contribution in [3.8, 4) is 0 Å². The lowest BCUT2D eigenvalue weighted by molar-refractivity contribution is -0.149. The van der Waals surface area contributed by atoms with E-state index in [2.05, 4.69) is 31.3 Å². The topological polar surface area (TPSA) is 64.6 Å². The number of piperidine rings is 1.